The molecule has 0 atom stereocenters. The predicted octanol–water partition coefficient (Wildman–Crippen LogP) is 3.32. The van der Waals surface area contributed by atoms with Crippen LogP contribution in [0.2, 0.25) is 0 Å². The summed E-state index contributed by atoms with van der Waals surface area (Å²) in [5, 5.41) is 13.2. The molecule has 2 aromatic carbocycles. The van der Waals surface area contributed by atoms with Crippen molar-refractivity contribution < 1.29 is 22.6 Å². The molecule has 1 aromatic heterocycles. The van der Waals surface area contributed by atoms with Crippen molar-refractivity contribution in [3.8, 4) is 0 Å². The van der Waals surface area contributed by atoms with Crippen molar-refractivity contribution in [2.75, 3.05) is 5.32 Å². The highest BCUT2D eigenvalue weighted by atomic mass is 32.2. The molecule has 30 heavy (non-hydrogen) atoms. The van der Waals surface area contributed by atoms with Crippen LogP contribution in [0, 0.1) is 10.1 Å². The number of nitro groups is 1. The summed E-state index contributed by atoms with van der Waals surface area (Å²) in [4.78, 5) is 22.2. The highest BCUT2D eigenvalue weighted by molar-refractivity contribution is 7.89. The Morgan fingerprint density at radius 2 is 1.77 bits per heavy atom. The number of hydrogen-bond acceptors (Lipinski definition) is 6. The number of nitrogens with zero attached hydrogens (tertiary/aromatic N) is 1. The normalized spacial score (nSPS) is 11.5. The van der Waals surface area contributed by atoms with E-state index in [2.05, 4.69) is 10.0 Å². The maximum absolute atomic E-state index is 12.3. The van der Waals surface area contributed by atoms with E-state index in [1.165, 1.54) is 66.9 Å². The van der Waals surface area contributed by atoms with Crippen LogP contribution in [0.15, 0.2) is 82.3 Å². The SMILES string of the molecule is O=C(/C=C/c1ccc([N+](=O)[O-])cc1)Nc1ccc(S(=O)(=O)NCc2ccco2)cc1. The van der Waals surface area contributed by atoms with E-state index in [0.29, 0.717) is 17.0 Å². The van der Waals surface area contributed by atoms with Crippen LogP contribution in [-0.4, -0.2) is 19.2 Å². The molecule has 0 saturated carbocycles. The Bertz CT molecular complexity index is 1150. The van der Waals surface area contributed by atoms with Crippen LogP contribution in [0.4, 0.5) is 11.4 Å². The summed E-state index contributed by atoms with van der Waals surface area (Å²) >= 11 is 0. The molecule has 1 heterocycles. The number of hydrogen-bond donors (Lipinski definition) is 2. The maximum atomic E-state index is 12.3. The summed E-state index contributed by atoms with van der Waals surface area (Å²) in [7, 11) is -3.72. The fraction of sp³-hybridized carbons (Fsp3) is 0.0500. The van der Waals surface area contributed by atoms with Crippen LogP contribution < -0.4 is 10.0 Å². The van der Waals surface area contributed by atoms with Crippen molar-refractivity contribution >= 4 is 33.4 Å². The Balaban J connectivity index is 1.57. The van der Waals surface area contributed by atoms with E-state index < -0.39 is 20.9 Å². The number of nitro benzene ring substituents is 1. The van der Waals surface area contributed by atoms with Crippen molar-refractivity contribution in [1.82, 2.24) is 4.72 Å². The number of furan rings is 1. The minimum atomic E-state index is -3.72. The lowest BCUT2D eigenvalue weighted by Crippen LogP contribution is -2.23. The Morgan fingerprint density at radius 1 is 1.07 bits per heavy atom. The van der Waals surface area contributed by atoms with Crippen LogP contribution in [0.5, 0.6) is 0 Å². The average molecular weight is 427 g/mol. The maximum Gasteiger partial charge on any atom is 0.269 e. The molecule has 0 radical (unpaired) electrons. The monoisotopic (exact) mass is 427 g/mol. The fourth-order valence-electron chi connectivity index (χ4n) is 2.44. The molecular weight excluding hydrogens is 410 g/mol. The standard InChI is InChI=1S/C20H17N3O6S/c24-20(12-5-15-3-8-17(9-4-15)23(25)26)22-16-6-10-19(11-7-16)30(27,28)21-14-18-2-1-13-29-18/h1-13,21H,14H2,(H,22,24)/b12-5+. The molecule has 0 aliphatic rings. The summed E-state index contributed by atoms with van der Waals surface area (Å²) in [6.07, 6.45) is 4.24. The van der Waals surface area contributed by atoms with Crippen molar-refractivity contribution in [3.05, 3.63) is 94.4 Å². The number of amides is 1. The van der Waals surface area contributed by atoms with E-state index >= 15 is 0 Å². The third-order valence-corrected chi connectivity index (χ3v) is 5.40. The lowest BCUT2D eigenvalue weighted by Gasteiger charge is -2.07. The second-order valence-corrected chi connectivity index (χ2v) is 7.87. The minimum Gasteiger partial charge on any atom is -0.468 e. The van der Waals surface area contributed by atoms with Crippen LogP contribution >= 0.6 is 0 Å². The molecule has 9 nitrogen and oxygen atoms in total. The van der Waals surface area contributed by atoms with E-state index in [1.54, 1.807) is 12.1 Å². The Hall–Kier alpha value is -3.76. The Morgan fingerprint density at radius 3 is 2.37 bits per heavy atom. The molecule has 3 aromatic rings. The van der Waals surface area contributed by atoms with Gasteiger partial charge in [-0.05, 0) is 60.2 Å². The zero-order chi connectivity index (χ0) is 21.6. The third-order valence-electron chi connectivity index (χ3n) is 3.98. The molecule has 0 saturated heterocycles. The number of rotatable bonds is 8. The van der Waals surface area contributed by atoms with Gasteiger partial charge in [-0.3, -0.25) is 14.9 Å². The van der Waals surface area contributed by atoms with Crippen LogP contribution in [0.3, 0.4) is 0 Å². The molecule has 0 unspecified atom stereocenters. The summed E-state index contributed by atoms with van der Waals surface area (Å²) in [6.45, 7) is 0.0290. The van der Waals surface area contributed by atoms with Gasteiger partial charge in [-0.1, -0.05) is 0 Å². The van der Waals surface area contributed by atoms with Gasteiger partial charge in [-0.2, -0.15) is 0 Å². The number of carbonyl (C=O) groups excluding carboxylic acids is 1. The second-order valence-electron chi connectivity index (χ2n) is 6.10. The molecule has 10 heteroatoms. The molecule has 0 aliphatic carbocycles. The number of non-ortho nitro benzene ring substituents is 1. The van der Waals surface area contributed by atoms with E-state index in [-0.39, 0.29) is 17.1 Å². The molecule has 1 amide bonds. The number of benzene rings is 2. The highest BCUT2D eigenvalue weighted by Crippen LogP contribution is 2.16. The van der Waals surface area contributed by atoms with Gasteiger partial charge in [0.05, 0.1) is 22.6 Å². The van der Waals surface area contributed by atoms with E-state index in [4.69, 9.17) is 4.42 Å². The minimum absolute atomic E-state index is 0.0290. The van der Waals surface area contributed by atoms with E-state index in [0.717, 1.165) is 0 Å². The number of sulfonamides is 1. The topological polar surface area (TPSA) is 132 Å². The average Bonchev–Trinajstić information content (AvgIpc) is 3.25. The first-order valence-electron chi connectivity index (χ1n) is 8.69. The van der Waals surface area contributed by atoms with Gasteiger partial charge < -0.3 is 9.73 Å². The molecule has 0 aliphatic heterocycles. The fourth-order valence-corrected chi connectivity index (χ4v) is 3.44. The van der Waals surface area contributed by atoms with Crippen LogP contribution in [0.1, 0.15) is 11.3 Å². The largest absolute Gasteiger partial charge is 0.468 e. The third kappa shape index (κ3) is 5.63. The quantitative estimate of drug-likeness (QED) is 0.322. The number of nitrogens with one attached hydrogen (secondary N) is 2. The Kier molecular flexibility index (Phi) is 6.40. The van der Waals surface area contributed by atoms with Crippen molar-refractivity contribution in [2.45, 2.75) is 11.4 Å². The van der Waals surface area contributed by atoms with Crippen LogP contribution in [-0.2, 0) is 21.4 Å². The molecule has 0 fully saturated rings. The van der Waals surface area contributed by atoms with Gasteiger partial charge >= 0.3 is 0 Å². The number of anilines is 1. The van der Waals surface area contributed by atoms with E-state index in [9.17, 15) is 23.3 Å². The molecule has 0 bridgehead atoms. The van der Waals surface area contributed by atoms with Crippen molar-refractivity contribution in [3.63, 3.8) is 0 Å². The van der Waals surface area contributed by atoms with Crippen LogP contribution in [0.25, 0.3) is 6.08 Å². The summed E-state index contributed by atoms with van der Waals surface area (Å²) in [6, 6.07) is 14.8. The van der Waals surface area contributed by atoms with Gasteiger partial charge in [0.2, 0.25) is 15.9 Å². The van der Waals surface area contributed by atoms with E-state index in [1.807, 2.05) is 0 Å². The van der Waals surface area contributed by atoms with Gasteiger partial charge in [0.1, 0.15) is 5.76 Å². The van der Waals surface area contributed by atoms with Gasteiger partial charge in [-0.25, -0.2) is 13.1 Å². The molecule has 0 spiro atoms. The first-order chi connectivity index (χ1) is 14.3. The smallest absolute Gasteiger partial charge is 0.269 e. The molecular formula is C20H17N3O6S. The molecule has 2 N–H and O–H groups in total. The summed E-state index contributed by atoms with van der Waals surface area (Å²) in [5.41, 5.74) is 1.00. The van der Waals surface area contributed by atoms with Crippen molar-refractivity contribution in [2.24, 2.45) is 0 Å². The van der Waals surface area contributed by atoms with Crippen molar-refractivity contribution in [1.29, 1.82) is 0 Å². The van der Waals surface area contributed by atoms with Gasteiger partial charge in [0.15, 0.2) is 0 Å². The lowest BCUT2D eigenvalue weighted by atomic mass is 10.2. The summed E-state index contributed by atoms with van der Waals surface area (Å²) < 4.78 is 32.1. The van der Waals surface area contributed by atoms with Gasteiger partial charge in [-0.15, -0.1) is 0 Å². The number of carbonyl (C=O) groups is 1. The Labute approximate surface area is 172 Å². The van der Waals surface area contributed by atoms with Gasteiger partial charge in [0.25, 0.3) is 5.69 Å². The highest BCUT2D eigenvalue weighted by Gasteiger charge is 2.14. The molecule has 154 valence electrons. The molecule has 3 rings (SSSR count). The zero-order valence-corrected chi connectivity index (χ0v) is 16.3. The first-order valence-corrected chi connectivity index (χ1v) is 10.2. The second kappa shape index (κ2) is 9.16. The van der Waals surface area contributed by atoms with Gasteiger partial charge in [0, 0.05) is 23.9 Å². The summed E-state index contributed by atoms with van der Waals surface area (Å²) in [5.74, 6) is 0.0576. The first kappa shape index (κ1) is 21.0. The lowest BCUT2D eigenvalue weighted by molar-refractivity contribution is -0.384. The zero-order valence-electron chi connectivity index (χ0n) is 15.5. The predicted molar refractivity (Wildman–Crippen MR) is 110 cm³/mol.